The summed E-state index contributed by atoms with van der Waals surface area (Å²) in [7, 11) is -4.03. The molecule has 0 aliphatic carbocycles. The number of aryl methyl sites for hydroxylation is 1. The number of fused-ring (bicyclic) bond motifs is 1. The summed E-state index contributed by atoms with van der Waals surface area (Å²) in [5.41, 5.74) is 4.66. The van der Waals surface area contributed by atoms with Crippen LogP contribution in [0, 0.1) is 6.92 Å². The molecule has 0 fully saturated rings. The van der Waals surface area contributed by atoms with Crippen molar-refractivity contribution in [3.8, 4) is 5.75 Å². The molecule has 7 nitrogen and oxygen atoms in total. The van der Waals surface area contributed by atoms with Crippen molar-refractivity contribution < 1.29 is 17.4 Å². The zero-order chi connectivity index (χ0) is 24.1. The zero-order valence-corrected chi connectivity index (χ0v) is 21.8. The molecule has 11 heteroatoms. The first-order chi connectivity index (χ1) is 16.3. The Bertz CT molecular complexity index is 1440. The van der Waals surface area contributed by atoms with E-state index in [0.717, 1.165) is 20.1 Å². The molecular formula is C23H18BrN3O4S3. The highest BCUT2D eigenvalue weighted by Gasteiger charge is 2.18. The highest BCUT2D eigenvalue weighted by molar-refractivity contribution is 9.10. The fourth-order valence-electron chi connectivity index (χ4n) is 2.81. The molecular weight excluding hydrogens is 558 g/mol. The van der Waals surface area contributed by atoms with Gasteiger partial charge in [-0.3, -0.25) is 4.79 Å². The predicted molar refractivity (Wildman–Crippen MR) is 139 cm³/mol. The van der Waals surface area contributed by atoms with Crippen molar-refractivity contribution in [3.63, 3.8) is 0 Å². The second-order valence-electron chi connectivity index (χ2n) is 7.06. The van der Waals surface area contributed by atoms with Gasteiger partial charge in [0.1, 0.15) is 4.90 Å². The SMILES string of the molecule is Cc1ccc(S(=O)(=O)Oc2ccc(Br)cc2/C=N\NC(=O)CSc2nc3ccccc3s2)cc1. The van der Waals surface area contributed by atoms with Gasteiger partial charge in [-0.2, -0.15) is 13.5 Å². The minimum absolute atomic E-state index is 0.0454. The average Bonchev–Trinajstić information content (AvgIpc) is 3.23. The summed E-state index contributed by atoms with van der Waals surface area (Å²) < 4.78 is 33.2. The van der Waals surface area contributed by atoms with Crippen LogP contribution in [0.5, 0.6) is 5.75 Å². The molecule has 0 saturated carbocycles. The van der Waals surface area contributed by atoms with Gasteiger partial charge < -0.3 is 4.18 Å². The molecule has 0 spiro atoms. The van der Waals surface area contributed by atoms with E-state index in [-0.39, 0.29) is 22.3 Å². The number of hydrogen-bond donors (Lipinski definition) is 1. The number of carbonyl (C=O) groups is 1. The molecule has 1 heterocycles. The van der Waals surface area contributed by atoms with Crippen LogP contribution in [0.15, 0.2) is 85.5 Å². The number of halogens is 1. The first-order valence-electron chi connectivity index (χ1n) is 9.91. The average molecular weight is 577 g/mol. The lowest BCUT2D eigenvalue weighted by Crippen LogP contribution is -2.19. The largest absolute Gasteiger partial charge is 0.378 e. The standard InChI is InChI=1S/C23H18BrN3O4S3/c1-15-6-9-18(10-7-15)34(29,30)31-20-11-8-17(24)12-16(20)13-25-27-22(28)14-32-23-26-19-4-2-3-5-21(19)33-23/h2-13H,14H2,1H3,(H,27,28)/b25-13-. The van der Waals surface area contributed by atoms with Crippen LogP contribution in [0.2, 0.25) is 0 Å². The number of rotatable bonds is 8. The summed E-state index contributed by atoms with van der Waals surface area (Å²) in [6.07, 6.45) is 1.34. The van der Waals surface area contributed by atoms with Gasteiger partial charge in [-0.1, -0.05) is 57.5 Å². The van der Waals surface area contributed by atoms with E-state index in [1.807, 2.05) is 31.2 Å². The number of carbonyl (C=O) groups excluding carboxylic acids is 1. The van der Waals surface area contributed by atoms with Crippen LogP contribution in [-0.2, 0) is 14.9 Å². The Morgan fingerprint density at radius 3 is 2.71 bits per heavy atom. The molecule has 34 heavy (non-hydrogen) atoms. The van der Waals surface area contributed by atoms with Gasteiger partial charge in [-0.25, -0.2) is 10.4 Å². The van der Waals surface area contributed by atoms with E-state index in [0.29, 0.717) is 10.0 Å². The number of thioether (sulfide) groups is 1. The highest BCUT2D eigenvalue weighted by Crippen LogP contribution is 2.29. The molecule has 0 saturated heterocycles. The number of nitrogens with one attached hydrogen (secondary N) is 1. The van der Waals surface area contributed by atoms with Crippen molar-refractivity contribution in [1.82, 2.24) is 10.4 Å². The molecule has 0 aliphatic rings. The van der Waals surface area contributed by atoms with Gasteiger partial charge in [-0.15, -0.1) is 11.3 Å². The Balaban J connectivity index is 1.40. The minimum atomic E-state index is -4.03. The second kappa shape index (κ2) is 10.7. The Hall–Kier alpha value is -2.73. The molecule has 1 N–H and O–H groups in total. The van der Waals surface area contributed by atoms with Gasteiger partial charge in [0, 0.05) is 10.0 Å². The molecule has 1 amide bonds. The maximum Gasteiger partial charge on any atom is 0.339 e. The molecule has 0 atom stereocenters. The molecule has 1 aromatic heterocycles. The van der Waals surface area contributed by atoms with Crippen LogP contribution in [0.1, 0.15) is 11.1 Å². The maximum absolute atomic E-state index is 12.7. The summed E-state index contributed by atoms with van der Waals surface area (Å²) in [5.74, 6) is -0.0864. The zero-order valence-electron chi connectivity index (χ0n) is 17.8. The van der Waals surface area contributed by atoms with Crippen LogP contribution in [-0.4, -0.2) is 31.3 Å². The minimum Gasteiger partial charge on any atom is -0.378 e. The number of benzene rings is 3. The molecule has 0 unspecified atom stereocenters. The van der Waals surface area contributed by atoms with E-state index < -0.39 is 10.1 Å². The van der Waals surface area contributed by atoms with E-state index in [1.165, 1.54) is 47.5 Å². The van der Waals surface area contributed by atoms with Gasteiger partial charge in [0.2, 0.25) is 0 Å². The molecule has 0 aliphatic heterocycles. The van der Waals surface area contributed by atoms with Crippen molar-refractivity contribution in [2.45, 2.75) is 16.2 Å². The third-order valence-electron chi connectivity index (χ3n) is 4.47. The first-order valence-corrected chi connectivity index (χ1v) is 13.9. The Labute approximate surface area is 213 Å². The van der Waals surface area contributed by atoms with E-state index in [2.05, 4.69) is 31.4 Å². The lowest BCUT2D eigenvalue weighted by atomic mass is 10.2. The lowest BCUT2D eigenvalue weighted by molar-refractivity contribution is -0.118. The van der Waals surface area contributed by atoms with Crippen molar-refractivity contribution in [2.75, 3.05) is 5.75 Å². The van der Waals surface area contributed by atoms with Crippen molar-refractivity contribution in [3.05, 3.63) is 82.3 Å². The van der Waals surface area contributed by atoms with Crippen LogP contribution in [0.4, 0.5) is 0 Å². The number of thiazole rings is 1. The smallest absolute Gasteiger partial charge is 0.339 e. The third-order valence-corrected chi connectivity index (χ3v) is 8.40. The van der Waals surface area contributed by atoms with E-state index in [4.69, 9.17) is 4.18 Å². The number of aromatic nitrogens is 1. The number of hydrazone groups is 1. The van der Waals surface area contributed by atoms with Crippen LogP contribution >= 0.6 is 39.0 Å². The van der Waals surface area contributed by atoms with Crippen molar-refractivity contribution >= 4 is 71.5 Å². The van der Waals surface area contributed by atoms with Crippen LogP contribution in [0.3, 0.4) is 0 Å². The van der Waals surface area contributed by atoms with Gasteiger partial charge in [0.25, 0.3) is 5.91 Å². The summed E-state index contributed by atoms with van der Waals surface area (Å²) in [6.45, 7) is 1.87. The normalized spacial score (nSPS) is 11.7. The Morgan fingerprint density at radius 2 is 1.94 bits per heavy atom. The van der Waals surface area contributed by atoms with Crippen molar-refractivity contribution in [1.29, 1.82) is 0 Å². The summed E-state index contributed by atoms with van der Waals surface area (Å²) >= 11 is 6.20. The summed E-state index contributed by atoms with van der Waals surface area (Å²) in [4.78, 5) is 16.7. The molecule has 4 aromatic rings. The van der Waals surface area contributed by atoms with Gasteiger partial charge in [-0.05, 0) is 49.4 Å². The van der Waals surface area contributed by atoms with E-state index in [1.54, 1.807) is 24.3 Å². The monoisotopic (exact) mass is 575 g/mol. The quantitative estimate of drug-likeness (QED) is 0.131. The topological polar surface area (TPSA) is 97.7 Å². The maximum atomic E-state index is 12.7. The molecule has 4 rings (SSSR count). The Kier molecular flexibility index (Phi) is 7.67. The lowest BCUT2D eigenvalue weighted by Gasteiger charge is -2.10. The van der Waals surface area contributed by atoms with Gasteiger partial charge in [0.05, 0.1) is 22.2 Å². The highest BCUT2D eigenvalue weighted by atomic mass is 79.9. The van der Waals surface area contributed by atoms with Crippen LogP contribution < -0.4 is 9.61 Å². The molecule has 174 valence electrons. The number of nitrogens with zero attached hydrogens (tertiary/aromatic N) is 2. The van der Waals surface area contributed by atoms with Crippen LogP contribution in [0.25, 0.3) is 10.2 Å². The number of hydrogen-bond acceptors (Lipinski definition) is 8. The predicted octanol–water partition coefficient (Wildman–Crippen LogP) is 5.38. The fraction of sp³-hybridized carbons (Fsp3) is 0.0870. The van der Waals surface area contributed by atoms with Gasteiger partial charge >= 0.3 is 10.1 Å². The number of amides is 1. The fourth-order valence-corrected chi connectivity index (χ4v) is 6.01. The molecule has 0 radical (unpaired) electrons. The first kappa shape index (κ1) is 24.4. The van der Waals surface area contributed by atoms with E-state index >= 15 is 0 Å². The Morgan fingerprint density at radius 1 is 1.18 bits per heavy atom. The molecule has 0 bridgehead atoms. The summed E-state index contributed by atoms with van der Waals surface area (Å²) in [6, 6.07) is 19.0. The van der Waals surface area contributed by atoms with Crippen molar-refractivity contribution in [2.24, 2.45) is 5.10 Å². The van der Waals surface area contributed by atoms with Gasteiger partial charge in [0.15, 0.2) is 10.1 Å². The molecule has 3 aromatic carbocycles. The third kappa shape index (κ3) is 6.23. The van der Waals surface area contributed by atoms with E-state index in [9.17, 15) is 13.2 Å². The number of para-hydroxylation sites is 1. The second-order valence-corrected chi connectivity index (χ2v) is 11.8. The summed E-state index contributed by atoms with van der Waals surface area (Å²) in [5, 5.41) is 3.96.